The molecule has 6 aromatic carbocycles. The maximum absolute atomic E-state index is 5.18. The molecule has 0 amide bonds. The van der Waals surface area contributed by atoms with E-state index in [9.17, 15) is 0 Å². The van der Waals surface area contributed by atoms with E-state index in [1.165, 1.54) is 38.4 Å². The highest BCUT2D eigenvalue weighted by Gasteiger charge is 2.47. The maximum atomic E-state index is 5.18. The van der Waals surface area contributed by atoms with Crippen molar-refractivity contribution in [3.8, 4) is 45.3 Å². The van der Waals surface area contributed by atoms with Gasteiger partial charge in [0, 0.05) is 22.1 Å². The summed E-state index contributed by atoms with van der Waals surface area (Å²) in [6.45, 7) is 9.60. The van der Waals surface area contributed by atoms with Gasteiger partial charge in [-0.15, -0.1) is 0 Å². The second kappa shape index (κ2) is 9.68. The third kappa shape index (κ3) is 3.85. The predicted molar refractivity (Wildman–Crippen MR) is 183 cm³/mol. The quantitative estimate of drug-likeness (QED) is 0.199. The first-order chi connectivity index (χ1) is 21.3. The molecule has 0 N–H and O–H groups in total. The van der Waals surface area contributed by atoms with Crippen LogP contribution < -0.4 is 0 Å². The van der Waals surface area contributed by atoms with E-state index in [4.69, 9.17) is 15.0 Å². The molecular weight excluding hydrogens is 534 g/mol. The van der Waals surface area contributed by atoms with Crippen molar-refractivity contribution in [2.45, 2.75) is 38.5 Å². The molecule has 3 nitrogen and oxygen atoms in total. The third-order valence-corrected chi connectivity index (χ3v) is 10.0. The molecule has 3 heteroatoms. The van der Waals surface area contributed by atoms with E-state index in [2.05, 4.69) is 119 Å². The molecule has 0 radical (unpaired) electrons. The largest absolute Gasteiger partial charge is 0.208 e. The number of hydrogen-bond donors (Lipinski definition) is 0. The van der Waals surface area contributed by atoms with E-state index in [0.29, 0.717) is 17.5 Å². The first-order valence-electron chi connectivity index (χ1n) is 15.3. The molecule has 0 bridgehead atoms. The summed E-state index contributed by atoms with van der Waals surface area (Å²) >= 11 is 0. The Hall–Kier alpha value is -5.15. The van der Waals surface area contributed by atoms with Crippen molar-refractivity contribution in [2.75, 3.05) is 0 Å². The van der Waals surface area contributed by atoms with Crippen LogP contribution >= 0.6 is 0 Å². The molecule has 7 aromatic rings. The number of hydrogen-bond acceptors (Lipinski definition) is 3. The van der Waals surface area contributed by atoms with E-state index in [-0.39, 0.29) is 10.8 Å². The number of rotatable bonds is 3. The summed E-state index contributed by atoms with van der Waals surface area (Å²) < 4.78 is 0. The van der Waals surface area contributed by atoms with Gasteiger partial charge in [0.25, 0.3) is 0 Å². The second-order valence-electron chi connectivity index (χ2n) is 12.9. The lowest BCUT2D eigenvalue weighted by molar-refractivity contribution is 0.301. The van der Waals surface area contributed by atoms with Crippen molar-refractivity contribution in [1.82, 2.24) is 15.0 Å². The molecule has 0 saturated heterocycles. The fourth-order valence-electron chi connectivity index (χ4n) is 7.08. The Labute approximate surface area is 258 Å². The summed E-state index contributed by atoms with van der Waals surface area (Å²) in [5.41, 5.74) is 8.01. The van der Waals surface area contributed by atoms with Crippen molar-refractivity contribution >= 4 is 21.5 Å². The lowest BCUT2D eigenvalue weighted by Crippen LogP contribution is -2.43. The van der Waals surface area contributed by atoms with E-state index in [1.807, 2.05) is 36.4 Å². The van der Waals surface area contributed by atoms with Gasteiger partial charge in [0.05, 0.1) is 0 Å². The van der Waals surface area contributed by atoms with Gasteiger partial charge >= 0.3 is 0 Å². The van der Waals surface area contributed by atoms with Gasteiger partial charge in [0.2, 0.25) is 0 Å². The molecule has 0 atom stereocenters. The Morgan fingerprint density at radius 3 is 1.68 bits per heavy atom. The van der Waals surface area contributed by atoms with Gasteiger partial charge in [-0.1, -0.05) is 149 Å². The van der Waals surface area contributed by atoms with E-state index >= 15 is 0 Å². The Bertz CT molecular complexity index is 2160. The summed E-state index contributed by atoms with van der Waals surface area (Å²) in [6, 6.07) is 44.9. The molecule has 0 fully saturated rings. The molecule has 1 aliphatic carbocycles. The normalized spacial score (nSPS) is 14.7. The van der Waals surface area contributed by atoms with Gasteiger partial charge in [-0.25, -0.2) is 15.0 Å². The topological polar surface area (TPSA) is 38.7 Å². The summed E-state index contributed by atoms with van der Waals surface area (Å²) in [7, 11) is 0. The third-order valence-electron chi connectivity index (χ3n) is 10.0. The molecule has 212 valence electrons. The number of nitrogens with zero attached hydrogens (tertiary/aromatic N) is 3. The van der Waals surface area contributed by atoms with Crippen LogP contribution in [-0.2, 0) is 10.8 Å². The zero-order valence-electron chi connectivity index (χ0n) is 25.5. The van der Waals surface area contributed by atoms with Crippen LogP contribution in [0.1, 0.15) is 38.8 Å². The van der Waals surface area contributed by atoms with Gasteiger partial charge in [0.15, 0.2) is 17.5 Å². The SMILES string of the molecule is CC1(C)c2ccccc2-c2cc(-c3nc(-c4ccccc4)nc(-c4ccccc4)n3)c3ccc4ccccc4c3c2C1(C)C. The lowest BCUT2D eigenvalue weighted by Gasteiger charge is -2.49. The molecule has 0 aliphatic heterocycles. The minimum absolute atomic E-state index is 0.0872. The highest BCUT2D eigenvalue weighted by molar-refractivity contribution is 6.16. The van der Waals surface area contributed by atoms with Crippen molar-refractivity contribution in [3.05, 3.63) is 139 Å². The molecule has 8 rings (SSSR count). The molecule has 1 aromatic heterocycles. The average Bonchev–Trinajstić information content (AvgIpc) is 3.07. The first kappa shape index (κ1) is 26.5. The van der Waals surface area contributed by atoms with Crippen LogP contribution in [0.5, 0.6) is 0 Å². The van der Waals surface area contributed by atoms with Gasteiger partial charge in [0.1, 0.15) is 0 Å². The summed E-state index contributed by atoms with van der Waals surface area (Å²) in [5, 5.41) is 4.94. The predicted octanol–water partition coefficient (Wildman–Crippen LogP) is 10.4. The molecule has 44 heavy (non-hydrogen) atoms. The van der Waals surface area contributed by atoms with Crippen LogP contribution in [0.2, 0.25) is 0 Å². The fraction of sp³-hybridized carbons (Fsp3) is 0.146. The molecule has 0 unspecified atom stereocenters. The highest BCUT2D eigenvalue weighted by atomic mass is 15.0. The fourth-order valence-corrected chi connectivity index (χ4v) is 7.08. The van der Waals surface area contributed by atoms with Gasteiger partial charge in [-0.2, -0.15) is 0 Å². The Morgan fingerprint density at radius 1 is 0.432 bits per heavy atom. The maximum Gasteiger partial charge on any atom is 0.164 e. The number of benzene rings is 6. The van der Waals surface area contributed by atoms with E-state index in [1.54, 1.807) is 0 Å². The highest BCUT2D eigenvalue weighted by Crippen LogP contribution is 2.57. The lowest BCUT2D eigenvalue weighted by atomic mass is 9.54. The zero-order valence-corrected chi connectivity index (χ0v) is 25.5. The van der Waals surface area contributed by atoms with E-state index in [0.717, 1.165) is 22.1 Å². The van der Waals surface area contributed by atoms with Crippen LogP contribution in [0.3, 0.4) is 0 Å². The summed E-state index contributed by atoms with van der Waals surface area (Å²) in [6.07, 6.45) is 0. The minimum atomic E-state index is -0.152. The van der Waals surface area contributed by atoms with Crippen LogP contribution in [0.25, 0.3) is 66.8 Å². The standard InChI is InChI=1S/C41H33N3/c1-40(2)34-22-14-13-21-30(34)32-25-33(31-24-23-26-15-11-12-20-29(26)35(31)36(32)41(40,3)4)39-43-37(27-16-7-5-8-17-27)42-38(44-39)28-18-9-6-10-19-28/h5-25H,1-4H3. The van der Waals surface area contributed by atoms with Crippen LogP contribution in [-0.4, -0.2) is 15.0 Å². The van der Waals surface area contributed by atoms with Gasteiger partial charge in [-0.05, 0) is 55.3 Å². The second-order valence-corrected chi connectivity index (χ2v) is 12.9. The van der Waals surface area contributed by atoms with Gasteiger partial charge < -0.3 is 0 Å². The Kier molecular flexibility index (Phi) is 5.83. The Balaban J connectivity index is 1.53. The van der Waals surface area contributed by atoms with Crippen LogP contribution in [0.4, 0.5) is 0 Å². The van der Waals surface area contributed by atoms with Crippen LogP contribution in [0.15, 0.2) is 127 Å². The molecule has 0 saturated carbocycles. The average molecular weight is 568 g/mol. The van der Waals surface area contributed by atoms with Crippen molar-refractivity contribution in [1.29, 1.82) is 0 Å². The van der Waals surface area contributed by atoms with Crippen molar-refractivity contribution in [2.24, 2.45) is 0 Å². The van der Waals surface area contributed by atoms with E-state index < -0.39 is 0 Å². The minimum Gasteiger partial charge on any atom is -0.208 e. The summed E-state index contributed by atoms with van der Waals surface area (Å²) in [4.78, 5) is 15.3. The molecule has 1 heterocycles. The molecular formula is C41H33N3. The first-order valence-corrected chi connectivity index (χ1v) is 15.3. The van der Waals surface area contributed by atoms with Crippen molar-refractivity contribution < 1.29 is 0 Å². The molecule has 0 spiro atoms. The van der Waals surface area contributed by atoms with Gasteiger partial charge in [-0.3, -0.25) is 0 Å². The number of aromatic nitrogens is 3. The summed E-state index contributed by atoms with van der Waals surface area (Å²) in [5.74, 6) is 2.02. The smallest absolute Gasteiger partial charge is 0.164 e. The monoisotopic (exact) mass is 567 g/mol. The Morgan fingerprint density at radius 2 is 1.00 bits per heavy atom. The number of fused-ring (bicyclic) bond motifs is 7. The van der Waals surface area contributed by atoms with Crippen molar-refractivity contribution in [3.63, 3.8) is 0 Å². The molecule has 1 aliphatic rings. The van der Waals surface area contributed by atoms with Crippen LogP contribution in [0, 0.1) is 0 Å². The zero-order chi connectivity index (χ0) is 30.1.